The van der Waals surface area contributed by atoms with E-state index in [1.54, 1.807) is 18.7 Å². The summed E-state index contributed by atoms with van der Waals surface area (Å²) in [6.07, 6.45) is -0.289. The fraction of sp³-hybridized carbons (Fsp3) is 0.909. The molecule has 0 bridgehead atoms. The molecule has 4 nitrogen and oxygen atoms in total. The molecule has 0 atom stereocenters. The summed E-state index contributed by atoms with van der Waals surface area (Å²) in [6.45, 7) is 10.2. The number of carbonyl (C=O) groups excluding carboxylic acids is 1. The molecule has 0 spiro atoms. The number of aliphatic hydroxyl groups is 1. The smallest absolute Gasteiger partial charge is 0.410 e. The second kappa shape index (κ2) is 3.67. The highest BCUT2D eigenvalue weighted by Gasteiger charge is 2.41. The number of rotatable bonds is 1. The lowest BCUT2D eigenvalue weighted by molar-refractivity contribution is -0.0672. The number of hydrogen-bond donors (Lipinski definition) is 1. The molecular weight excluding hydrogens is 194 g/mol. The zero-order valence-corrected chi connectivity index (χ0v) is 10.2. The van der Waals surface area contributed by atoms with E-state index in [1.807, 2.05) is 20.8 Å². The topological polar surface area (TPSA) is 49.8 Å². The molecule has 0 aromatic carbocycles. The highest BCUT2D eigenvalue weighted by molar-refractivity contribution is 5.69. The van der Waals surface area contributed by atoms with Crippen LogP contribution in [0.15, 0.2) is 0 Å². The van der Waals surface area contributed by atoms with Gasteiger partial charge in [0.2, 0.25) is 0 Å². The predicted octanol–water partition coefficient (Wildman–Crippen LogP) is 1.62. The van der Waals surface area contributed by atoms with Crippen LogP contribution in [0.1, 0.15) is 34.6 Å². The maximum absolute atomic E-state index is 11.5. The van der Waals surface area contributed by atoms with Gasteiger partial charge in [0.15, 0.2) is 0 Å². The fourth-order valence-electron chi connectivity index (χ4n) is 1.40. The average Bonchev–Trinajstić information content (AvgIpc) is 1.72. The first-order valence-electron chi connectivity index (χ1n) is 5.30. The maximum atomic E-state index is 11.5. The van der Waals surface area contributed by atoms with Crippen molar-refractivity contribution < 1.29 is 14.6 Å². The molecule has 1 N–H and O–H groups in total. The standard InChI is InChI=1S/C11H21NO3/c1-10(2,3)15-9(13)12-6-8(7-12)11(4,5)14/h8,14H,6-7H2,1-5H3. The molecule has 0 radical (unpaired) electrons. The van der Waals surface area contributed by atoms with Crippen LogP contribution in [0.5, 0.6) is 0 Å². The Kier molecular flexibility index (Phi) is 3.01. The normalized spacial score (nSPS) is 18.7. The lowest BCUT2D eigenvalue weighted by Crippen LogP contribution is -2.58. The first-order chi connectivity index (χ1) is 6.59. The Morgan fingerprint density at radius 3 is 2.07 bits per heavy atom. The van der Waals surface area contributed by atoms with Gasteiger partial charge < -0.3 is 14.7 Å². The van der Waals surface area contributed by atoms with E-state index in [1.165, 1.54) is 0 Å². The first kappa shape index (κ1) is 12.3. The van der Waals surface area contributed by atoms with Crippen LogP contribution in [-0.2, 0) is 4.74 Å². The molecule has 1 rings (SSSR count). The van der Waals surface area contributed by atoms with E-state index in [0.29, 0.717) is 13.1 Å². The van der Waals surface area contributed by atoms with Crippen LogP contribution >= 0.6 is 0 Å². The fourth-order valence-corrected chi connectivity index (χ4v) is 1.40. The summed E-state index contributed by atoms with van der Waals surface area (Å²) < 4.78 is 5.21. The Labute approximate surface area is 91.2 Å². The molecular formula is C11H21NO3. The molecule has 0 unspecified atom stereocenters. The summed E-state index contributed by atoms with van der Waals surface area (Å²) in [7, 11) is 0. The molecule has 0 aliphatic carbocycles. The van der Waals surface area contributed by atoms with Crippen LogP contribution in [-0.4, -0.2) is 40.4 Å². The molecule has 1 amide bonds. The minimum Gasteiger partial charge on any atom is -0.444 e. The second-order valence-electron chi connectivity index (χ2n) is 5.74. The predicted molar refractivity (Wildman–Crippen MR) is 57.6 cm³/mol. The summed E-state index contributed by atoms with van der Waals surface area (Å²) in [5, 5.41) is 9.69. The molecule has 4 heteroatoms. The van der Waals surface area contributed by atoms with E-state index in [2.05, 4.69) is 0 Å². The van der Waals surface area contributed by atoms with Gasteiger partial charge in [0.05, 0.1) is 5.60 Å². The third-order valence-electron chi connectivity index (χ3n) is 2.53. The van der Waals surface area contributed by atoms with E-state index in [4.69, 9.17) is 4.74 Å². The van der Waals surface area contributed by atoms with Gasteiger partial charge in [0, 0.05) is 19.0 Å². The first-order valence-corrected chi connectivity index (χ1v) is 5.30. The van der Waals surface area contributed by atoms with Gasteiger partial charge >= 0.3 is 6.09 Å². The number of ether oxygens (including phenoxy) is 1. The van der Waals surface area contributed by atoms with Crippen molar-refractivity contribution in [3.05, 3.63) is 0 Å². The largest absolute Gasteiger partial charge is 0.444 e. The molecule has 1 aliphatic heterocycles. The van der Waals surface area contributed by atoms with Gasteiger partial charge in [0.1, 0.15) is 5.60 Å². The Morgan fingerprint density at radius 2 is 1.73 bits per heavy atom. The van der Waals surface area contributed by atoms with Crippen molar-refractivity contribution in [3.8, 4) is 0 Å². The number of carbonyl (C=O) groups is 1. The monoisotopic (exact) mass is 215 g/mol. The van der Waals surface area contributed by atoms with Gasteiger partial charge in [-0.15, -0.1) is 0 Å². The van der Waals surface area contributed by atoms with Crippen molar-refractivity contribution in [2.75, 3.05) is 13.1 Å². The molecule has 1 fully saturated rings. The van der Waals surface area contributed by atoms with Crippen LogP contribution in [0.4, 0.5) is 4.79 Å². The average molecular weight is 215 g/mol. The van der Waals surface area contributed by atoms with Gasteiger partial charge in [-0.25, -0.2) is 4.79 Å². The molecule has 0 aromatic heterocycles. The minimum atomic E-state index is -0.710. The van der Waals surface area contributed by atoms with Gasteiger partial charge in [-0.1, -0.05) is 0 Å². The SMILES string of the molecule is CC(C)(C)OC(=O)N1CC(C(C)(C)O)C1. The van der Waals surface area contributed by atoms with E-state index in [9.17, 15) is 9.90 Å². The number of nitrogens with zero attached hydrogens (tertiary/aromatic N) is 1. The van der Waals surface area contributed by atoms with Crippen molar-refractivity contribution in [2.45, 2.75) is 45.8 Å². The van der Waals surface area contributed by atoms with Gasteiger partial charge in [0.25, 0.3) is 0 Å². The lowest BCUT2D eigenvalue weighted by Gasteiger charge is -2.45. The lowest BCUT2D eigenvalue weighted by atomic mass is 9.85. The molecule has 0 aromatic rings. The minimum absolute atomic E-state index is 0.157. The van der Waals surface area contributed by atoms with Crippen molar-refractivity contribution in [2.24, 2.45) is 5.92 Å². The summed E-state index contributed by atoms with van der Waals surface area (Å²) >= 11 is 0. The van der Waals surface area contributed by atoms with E-state index in [0.717, 1.165) is 0 Å². The van der Waals surface area contributed by atoms with Crippen molar-refractivity contribution >= 4 is 6.09 Å². The number of likely N-dealkylation sites (tertiary alicyclic amines) is 1. The molecule has 15 heavy (non-hydrogen) atoms. The Morgan fingerprint density at radius 1 is 1.27 bits per heavy atom. The summed E-state index contributed by atoms with van der Waals surface area (Å²) in [4.78, 5) is 13.2. The summed E-state index contributed by atoms with van der Waals surface area (Å²) in [6, 6.07) is 0. The zero-order valence-electron chi connectivity index (χ0n) is 10.2. The zero-order chi connectivity index (χ0) is 11.9. The molecule has 1 heterocycles. The molecule has 1 saturated heterocycles. The number of amides is 1. The Balaban J connectivity index is 2.37. The third-order valence-corrected chi connectivity index (χ3v) is 2.53. The highest BCUT2D eigenvalue weighted by Crippen LogP contribution is 2.28. The van der Waals surface area contributed by atoms with Gasteiger partial charge in [-0.05, 0) is 34.6 Å². The van der Waals surface area contributed by atoms with E-state index >= 15 is 0 Å². The van der Waals surface area contributed by atoms with Crippen LogP contribution in [0.3, 0.4) is 0 Å². The molecule has 1 aliphatic rings. The highest BCUT2D eigenvalue weighted by atomic mass is 16.6. The van der Waals surface area contributed by atoms with Gasteiger partial charge in [-0.3, -0.25) is 0 Å². The second-order valence-corrected chi connectivity index (χ2v) is 5.74. The Hall–Kier alpha value is -0.770. The summed E-state index contributed by atoms with van der Waals surface area (Å²) in [5.74, 6) is 0.157. The van der Waals surface area contributed by atoms with Crippen LogP contribution in [0, 0.1) is 5.92 Å². The summed E-state index contributed by atoms with van der Waals surface area (Å²) in [5.41, 5.74) is -1.16. The van der Waals surface area contributed by atoms with E-state index < -0.39 is 11.2 Å². The molecule has 0 saturated carbocycles. The van der Waals surface area contributed by atoms with Crippen molar-refractivity contribution in [3.63, 3.8) is 0 Å². The number of hydrogen-bond acceptors (Lipinski definition) is 3. The van der Waals surface area contributed by atoms with Gasteiger partial charge in [-0.2, -0.15) is 0 Å². The van der Waals surface area contributed by atoms with Crippen LogP contribution in [0.25, 0.3) is 0 Å². The van der Waals surface area contributed by atoms with E-state index in [-0.39, 0.29) is 12.0 Å². The van der Waals surface area contributed by atoms with Crippen LogP contribution < -0.4 is 0 Å². The quantitative estimate of drug-likeness (QED) is 0.723. The third kappa shape index (κ3) is 3.38. The maximum Gasteiger partial charge on any atom is 0.410 e. The van der Waals surface area contributed by atoms with Crippen molar-refractivity contribution in [1.29, 1.82) is 0 Å². The van der Waals surface area contributed by atoms with Crippen LogP contribution in [0.2, 0.25) is 0 Å². The molecule has 88 valence electrons. The Bertz CT molecular complexity index is 244. The van der Waals surface area contributed by atoms with Crippen molar-refractivity contribution in [1.82, 2.24) is 4.90 Å².